The summed E-state index contributed by atoms with van der Waals surface area (Å²) < 4.78 is 0. The molecule has 20 heavy (non-hydrogen) atoms. The maximum atomic E-state index is 10.5. The van der Waals surface area contributed by atoms with E-state index in [9.17, 15) is 5.11 Å². The molecule has 1 aliphatic carbocycles. The number of aliphatic hydroxyl groups is 1. The van der Waals surface area contributed by atoms with Crippen molar-refractivity contribution in [3.05, 3.63) is 34.9 Å². The molecule has 1 fully saturated rings. The van der Waals surface area contributed by atoms with Crippen molar-refractivity contribution in [3.8, 4) is 0 Å². The Hall–Kier alpha value is -0.530. The average Bonchev–Trinajstić information content (AvgIpc) is 3.18. The van der Waals surface area contributed by atoms with E-state index < -0.39 is 5.60 Å². The molecule has 1 aromatic carbocycles. The van der Waals surface area contributed by atoms with Gasteiger partial charge in [0.25, 0.3) is 0 Å². The molecule has 1 saturated carbocycles. The predicted molar refractivity (Wildman–Crippen MR) is 94.0 cm³/mol. The van der Waals surface area contributed by atoms with E-state index in [4.69, 9.17) is 11.6 Å². The summed E-state index contributed by atoms with van der Waals surface area (Å²) in [6, 6.07) is 7.86. The summed E-state index contributed by atoms with van der Waals surface area (Å²) in [7, 11) is 1.72. The lowest BCUT2D eigenvalue weighted by atomic mass is 9.96. The van der Waals surface area contributed by atoms with Gasteiger partial charge in [-0.05, 0) is 25.8 Å². The third kappa shape index (κ3) is 4.79. The van der Waals surface area contributed by atoms with E-state index in [-0.39, 0.29) is 24.0 Å². The van der Waals surface area contributed by atoms with Gasteiger partial charge in [-0.25, -0.2) is 0 Å². The number of hydrogen-bond acceptors (Lipinski definition) is 2. The second-order valence-corrected chi connectivity index (χ2v) is 5.51. The van der Waals surface area contributed by atoms with Crippen molar-refractivity contribution in [1.82, 2.24) is 10.6 Å². The van der Waals surface area contributed by atoms with E-state index in [1.807, 2.05) is 18.2 Å². The molecule has 0 spiro atoms. The van der Waals surface area contributed by atoms with E-state index in [0.29, 0.717) is 23.2 Å². The van der Waals surface area contributed by atoms with E-state index in [0.717, 1.165) is 5.96 Å². The lowest BCUT2D eigenvalue weighted by Gasteiger charge is -2.26. The van der Waals surface area contributed by atoms with Crippen molar-refractivity contribution < 1.29 is 5.11 Å². The topological polar surface area (TPSA) is 56.7 Å². The monoisotopic (exact) mass is 409 g/mol. The molecule has 4 nitrogen and oxygen atoms in total. The van der Waals surface area contributed by atoms with Crippen LogP contribution in [0.3, 0.4) is 0 Å². The molecule has 0 bridgehead atoms. The minimum atomic E-state index is -1.04. The van der Waals surface area contributed by atoms with Crippen LogP contribution in [0.4, 0.5) is 0 Å². The van der Waals surface area contributed by atoms with Gasteiger partial charge < -0.3 is 15.7 Å². The first-order valence-electron chi connectivity index (χ1n) is 6.47. The summed E-state index contributed by atoms with van der Waals surface area (Å²) in [5.41, 5.74) is -0.328. The van der Waals surface area contributed by atoms with Crippen LogP contribution in [0.1, 0.15) is 25.3 Å². The summed E-state index contributed by atoms with van der Waals surface area (Å²) in [6.07, 6.45) is 2.36. The van der Waals surface area contributed by atoms with E-state index in [1.54, 1.807) is 20.0 Å². The highest BCUT2D eigenvalue weighted by molar-refractivity contribution is 14.0. The second-order valence-electron chi connectivity index (χ2n) is 5.10. The van der Waals surface area contributed by atoms with Crippen molar-refractivity contribution >= 4 is 41.5 Å². The molecule has 2 rings (SSSR count). The highest BCUT2D eigenvalue weighted by atomic mass is 127. The molecule has 1 aromatic rings. The number of hydrogen-bond donors (Lipinski definition) is 3. The number of benzene rings is 1. The lowest BCUT2D eigenvalue weighted by Crippen LogP contribution is -2.45. The van der Waals surface area contributed by atoms with Gasteiger partial charge in [-0.3, -0.25) is 4.99 Å². The largest absolute Gasteiger partial charge is 0.384 e. The van der Waals surface area contributed by atoms with Crippen molar-refractivity contribution in [2.24, 2.45) is 4.99 Å². The summed E-state index contributed by atoms with van der Waals surface area (Å²) >= 11 is 6.12. The normalized spacial score (nSPS) is 17.9. The van der Waals surface area contributed by atoms with Crippen LogP contribution in [0.5, 0.6) is 0 Å². The second kappa shape index (κ2) is 7.47. The maximum Gasteiger partial charge on any atom is 0.191 e. The Morgan fingerprint density at radius 3 is 2.65 bits per heavy atom. The maximum absolute atomic E-state index is 10.5. The minimum absolute atomic E-state index is 0. The predicted octanol–water partition coefficient (Wildman–Crippen LogP) is 2.49. The first-order valence-corrected chi connectivity index (χ1v) is 6.85. The third-order valence-electron chi connectivity index (χ3n) is 3.20. The van der Waals surface area contributed by atoms with E-state index in [2.05, 4.69) is 15.6 Å². The Kier molecular flexibility index (Phi) is 6.54. The fraction of sp³-hybridized carbons (Fsp3) is 0.500. The van der Waals surface area contributed by atoms with E-state index in [1.165, 1.54) is 12.8 Å². The van der Waals surface area contributed by atoms with Crippen LogP contribution in [0.15, 0.2) is 29.3 Å². The molecular formula is C14H21ClIN3O. The zero-order valence-corrected chi connectivity index (χ0v) is 14.8. The molecule has 0 aromatic heterocycles. The number of rotatable bonds is 4. The van der Waals surface area contributed by atoms with Gasteiger partial charge >= 0.3 is 0 Å². The van der Waals surface area contributed by atoms with Gasteiger partial charge in [0.1, 0.15) is 5.60 Å². The molecule has 6 heteroatoms. The van der Waals surface area contributed by atoms with Crippen molar-refractivity contribution in [3.63, 3.8) is 0 Å². The summed E-state index contributed by atoms with van der Waals surface area (Å²) in [6.45, 7) is 2.09. The molecule has 0 amide bonds. The van der Waals surface area contributed by atoms with Gasteiger partial charge in [0.15, 0.2) is 5.96 Å². The Morgan fingerprint density at radius 2 is 2.10 bits per heavy atom. The van der Waals surface area contributed by atoms with Gasteiger partial charge in [-0.2, -0.15) is 0 Å². The molecular weight excluding hydrogens is 389 g/mol. The molecule has 1 aliphatic rings. The lowest BCUT2D eigenvalue weighted by molar-refractivity contribution is 0.0618. The molecule has 0 saturated heterocycles. The van der Waals surface area contributed by atoms with Crippen LogP contribution in [-0.4, -0.2) is 30.7 Å². The fourth-order valence-electron chi connectivity index (χ4n) is 1.86. The zero-order valence-electron chi connectivity index (χ0n) is 11.7. The number of guanidine groups is 1. The first-order chi connectivity index (χ1) is 9.03. The number of halogens is 2. The fourth-order valence-corrected chi connectivity index (χ4v) is 2.20. The molecule has 0 aliphatic heterocycles. The van der Waals surface area contributed by atoms with Crippen LogP contribution in [0, 0.1) is 0 Å². The summed E-state index contributed by atoms with van der Waals surface area (Å²) in [5.74, 6) is 0.717. The Labute approximate surface area is 142 Å². The highest BCUT2D eigenvalue weighted by Gasteiger charge is 2.27. The van der Waals surface area contributed by atoms with Gasteiger partial charge in [0.2, 0.25) is 0 Å². The average molecular weight is 410 g/mol. The van der Waals surface area contributed by atoms with Gasteiger partial charge in [-0.15, -0.1) is 24.0 Å². The van der Waals surface area contributed by atoms with Crippen LogP contribution >= 0.6 is 35.6 Å². The van der Waals surface area contributed by atoms with Crippen molar-refractivity contribution in [2.45, 2.75) is 31.4 Å². The highest BCUT2D eigenvalue weighted by Crippen LogP contribution is 2.27. The SMILES string of the molecule is CN=C(NCC(C)(O)c1ccccc1Cl)NC1CC1.I. The molecule has 1 atom stereocenters. The number of nitrogens with zero attached hydrogens (tertiary/aromatic N) is 1. The van der Waals surface area contributed by atoms with E-state index >= 15 is 0 Å². The van der Waals surface area contributed by atoms with Gasteiger partial charge in [0.05, 0.1) is 6.54 Å². The smallest absolute Gasteiger partial charge is 0.191 e. The standard InChI is InChI=1S/C14H20ClN3O.HI/c1-14(19,11-5-3-4-6-12(11)15)9-17-13(16-2)18-10-7-8-10;/h3-6,10,19H,7-9H2,1-2H3,(H2,16,17,18);1H. The van der Waals surface area contributed by atoms with Crippen molar-refractivity contribution in [1.29, 1.82) is 0 Å². The van der Waals surface area contributed by atoms with Crippen molar-refractivity contribution in [2.75, 3.05) is 13.6 Å². The Morgan fingerprint density at radius 1 is 1.45 bits per heavy atom. The molecule has 112 valence electrons. The Balaban J connectivity index is 0.00000200. The molecule has 3 N–H and O–H groups in total. The summed E-state index contributed by atoms with van der Waals surface area (Å²) in [5, 5.41) is 17.5. The molecule has 0 radical (unpaired) electrons. The van der Waals surface area contributed by atoms with Gasteiger partial charge in [0, 0.05) is 23.7 Å². The quantitative estimate of drug-likeness (QED) is 0.407. The third-order valence-corrected chi connectivity index (χ3v) is 3.53. The van der Waals surface area contributed by atoms with Crippen LogP contribution < -0.4 is 10.6 Å². The molecule has 0 heterocycles. The van der Waals surface area contributed by atoms with Gasteiger partial charge in [-0.1, -0.05) is 29.8 Å². The number of aliphatic imine (C=N–C) groups is 1. The van der Waals surface area contributed by atoms with Crippen LogP contribution in [0.2, 0.25) is 5.02 Å². The van der Waals surface area contributed by atoms with Crippen LogP contribution in [-0.2, 0) is 5.60 Å². The Bertz CT molecular complexity index is 475. The zero-order chi connectivity index (χ0) is 13.9. The summed E-state index contributed by atoms with van der Waals surface area (Å²) in [4.78, 5) is 4.14. The number of nitrogens with one attached hydrogen (secondary N) is 2. The minimum Gasteiger partial charge on any atom is -0.384 e. The van der Waals surface area contributed by atoms with Crippen LogP contribution in [0.25, 0.3) is 0 Å². The first kappa shape index (κ1) is 17.5. The molecule has 1 unspecified atom stereocenters.